The van der Waals surface area contributed by atoms with Gasteiger partial charge >= 0.3 is 0 Å². The number of likely N-dealkylation sites (N-methyl/N-ethyl adjacent to an activating group) is 1. The molecule has 6 heteroatoms. The topological polar surface area (TPSA) is 71.9 Å². The minimum absolute atomic E-state index is 0.0684. The fourth-order valence-electron chi connectivity index (χ4n) is 2.61. The van der Waals surface area contributed by atoms with Crippen molar-refractivity contribution in [1.29, 1.82) is 0 Å². The SMILES string of the molecule is CCOc1ccc(C[NH+](C)CC(=O)Nc2ccc(C(=O)NC)cc2)cc1. The Morgan fingerprint density at radius 2 is 1.69 bits per heavy atom. The highest BCUT2D eigenvalue weighted by Gasteiger charge is 2.11. The number of rotatable bonds is 8. The van der Waals surface area contributed by atoms with E-state index in [-0.39, 0.29) is 11.8 Å². The van der Waals surface area contributed by atoms with Gasteiger partial charge in [-0.25, -0.2) is 0 Å². The van der Waals surface area contributed by atoms with Crippen molar-refractivity contribution in [3.8, 4) is 5.75 Å². The zero-order valence-corrected chi connectivity index (χ0v) is 15.5. The Hall–Kier alpha value is -2.86. The molecule has 0 aromatic heterocycles. The molecule has 0 saturated carbocycles. The van der Waals surface area contributed by atoms with Gasteiger partial charge in [0.2, 0.25) is 0 Å². The molecule has 2 aromatic rings. The summed E-state index contributed by atoms with van der Waals surface area (Å²) >= 11 is 0. The third kappa shape index (κ3) is 5.89. The molecule has 0 aliphatic heterocycles. The molecule has 138 valence electrons. The summed E-state index contributed by atoms with van der Waals surface area (Å²) in [5, 5.41) is 5.42. The van der Waals surface area contributed by atoms with Crippen LogP contribution in [-0.4, -0.2) is 39.1 Å². The molecule has 2 rings (SSSR count). The van der Waals surface area contributed by atoms with Gasteiger partial charge in [-0.1, -0.05) is 0 Å². The Balaban J connectivity index is 1.83. The summed E-state index contributed by atoms with van der Waals surface area (Å²) in [6, 6.07) is 14.7. The molecule has 6 nitrogen and oxygen atoms in total. The smallest absolute Gasteiger partial charge is 0.279 e. The Labute approximate surface area is 154 Å². The molecule has 26 heavy (non-hydrogen) atoms. The van der Waals surface area contributed by atoms with Crippen LogP contribution in [0.5, 0.6) is 5.75 Å². The van der Waals surface area contributed by atoms with Crippen molar-refractivity contribution in [3.05, 3.63) is 59.7 Å². The van der Waals surface area contributed by atoms with Crippen molar-refractivity contribution in [2.75, 3.05) is 32.6 Å². The molecule has 2 aromatic carbocycles. The van der Waals surface area contributed by atoms with Gasteiger partial charge in [0.25, 0.3) is 11.8 Å². The molecule has 0 aliphatic rings. The second-order valence-corrected chi connectivity index (χ2v) is 6.09. The highest BCUT2D eigenvalue weighted by Crippen LogP contribution is 2.11. The average Bonchev–Trinajstić information content (AvgIpc) is 2.63. The number of ether oxygens (including phenoxy) is 1. The number of carbonyl (C=O) groups is 2. The van der Waals surface area contributed by atoms with E-state index in [0.29, 0.717) is 24.4 Å². The third-order valence-corrected chi connectivity index (χ3v) is 3.86. The normalized spacial score (nSPS) is 11.5. The summed E-state index contributed by atoms with van der Waals surface area (Å²) in [7, 11) is 3.56. The molecule has 2 amide bonds. The summed E-state index contributed by atoms with van der Waals surface area (Å²) in [5.41, 5.74) is 2.38. The van der Waals surface area contributed by atoms with Crippen LogP contribution < -0.4 is 20.3 Å². The summed E-state index contributed by atoms with van der Waals surface area (Å²) in [5.74, 6) is 0.635. The van der Waals surface area contributed by atoms with E-state index in [0.717, 1.165) is 22.8 Å². The molecular formula is C20H26N3O3+. The van der Waals surface area contributed by atoms with E-state index < -0.39 is 0 Å². The minimum Gasteiger partial charge on any atom is -0.494 e. The first-order valence-electron chi connectivity index (χ1n) is 8.67. The lowest BCUT2D eigenvalue weighted by atomic mass is 10.2. The first-order chi connectivity index (χ1) is 12.5. The summed E-state index contributed by atoms with van der Waals surface area (Å²) in [6.07, 6.45) is 0. The van der Waals surface area contributed by atoms with Crippen molar-refractivity contribution in [3.63, 3.8) is 0 Å². The van der Waals surface area contributed by atoms with Crippen LogP contribution in [0.25, 0.3) is 0 Å². The molecule has 1 atom stereocenters. The number of hydrogen-bond acceptors (Lipinski definition) is 3. The number of amides is 2. The number of anilines is 1. The molecule has 0 saturated heterocycles. The molecule has 0 aliphatic carbocycles. The van der Waals surface area contributed by atoms with Gasteiger partial charge in [-0.05, 0) is 55.5 Å². The van der Waals surface area contributed by atoms with Crippen LogP contribution in [0.2, 0.25) is 0 Å². The van der Waals surface area contributed by atoms with Gasteiger partial charge in [0, 0.05) is 23.9 Å². The molecule has 0 radical (unpaired) electrons. The van der Waals surface area contributed by atoms with Crippen molar-refractivity contribution < 1.29 is 19.2 Å². The van der Waals surface area contributed by atoms with E-state index in [1.54, 1.807) is 31.3 Å². The number of quaternary nitrogens is 1. The summed E-state index contributed by atoms with van der Waals surface area (Å²) in [6.45, 7) is 3.70. The molecule has 0 spiro atoms. The van der Waals surface area contributed by atoms with Crippen LogP contribution >= 0.6 is 0 Å². The maximum atomic E-state index is 12.2. The van der Waals surface area contributed by atoms with E-state index in [9.17, 15) is 9.59 Å². The maximum absolute atomic E-state index is 12.2. The van der Waals surface area contributed by atoms with Crippen LogP contribution in [0.1, 0.15) is 22.8 Å². The van der Waals surface area contributed by atoms with Gasteiger partial charge in [-0.2, -0.15) is 0 Å². The Bertz CT molecular complexity index is 727. The molecule has 0 fully saturated rings. The first-order valence-corrected chi connectivity index (χ1v) is 8.67. The first kappa shape index (κ1) is 19.5. The third-order valence-electron chi connectivity index (χ3n) is 3.86. The van der Waals surface area contributed by atoms with E-state index in [1.807, 2.05) is 38.2 Å². The molecule has 3 N–H and O–H groups in total. The lowest BCUT2D eigenvalue weighted by Gasteiger charge is -2.14. The molecule has 1 unspecified atom stereocenters. The monoisotopic (exact) mass is 356 g/mol. The largest absolute Gasteiger partial charge is 0.494 e. The zero-order valence-electron chi connectivity index (χ0n) is 15.5. The Kier molecular flexibility index (Phi) is 7.17. The minimum atomic E-state index is -0.151. The van der Waals surface area contributed by atoms with Crippen molar-refractivity contribution in [1.82, 2.24) is 5.32 Å². The van der Waals surface area contributed by atoms with Gasteiger partial charge in [0.15, 0.2) is 6.54 Å². The fourth-order valence-corrected chi connectivity index (χ4v) is 2.61. The number of nitrogens with one attached hydrogen (secondary N) is 3. The van der Waals surface area contributed by atoms with Gasteiger partial charge in [0.05, 0.1) is 13.7 Å². The standard InChI is InChI=1S/C20H25N3O3/c1-4-26-18-11-5-15(6-12-18)13-23(3)14-19(24)22-17-9-7-16(8-10-17)20(25)21-2/h5-12H,4,13-14H2,1-3H3,(H,21,25)(H,22,24)/p+1. The zero-order chi connectivity index (χ0) is 18.9. The van der Waals surface area contributed by atoms with Crippen LogP contribution in [0.15, 0.2) is 48.5 Å². The van der Waals surface area contributed by atoms with E-state index >= 15 is 0 Å². The van der Waals surface area contributed by atoms with Crippen LogP contribution in [0.3, 0.4) is 0 Å². The average molecular weight is 356 g/mol. The van der Waals surface area contributed by atoms with Crippen molar-refractivity contribution in [2.24, 2.45) is 0 Å². The van der Waals surface area contributed by atoms with Crippen LogP contribution in [0.4, 0.5) is 5.69 Å². The lowest BCUT2D eigenvalue weighted by molar-refractivity contribution is -0.885. The van der Waals surface area contributed by atoms with Gasteiger partial charge in [-0.15, -0.1) is 0 Å². The van der Waals surface area contributed by atoms with Gasteiger partial charge in [-0.3, -0.25) is 9.59 Å². The predicted octanol–water partition coefficient (Wildman–Crippen LogP) is 1.10. The maximum Gasteiger partial charge on any atom is 0.279 e. The second kappa shape index (κ2) is 9.58. The van der Waals surface area contributed by atoms with Crippen molar-refractivity contribution in [2.45, 2.75) is 13.5 Å². The highest BCUT2D eigenvalue weighted by molar-refractivity contribution is 5.95. The molecule has 0 bridgehead atoms. The number of carbonyl (C=O) groups excluding carboxylic acids is 2. The summed E-state index contributed by atoms with van der Waals surface area (Å²) in [4.78, 5) is 24.8. The molecular weight excluding hydrogens is 330 g/mol. The fraction of sp³-hybridized carbons (Fsp3) is 0.300. The van der Waals surface area contributed by atoms with Crippen molar-refractivity contribution >= 4 is 17.5 Å². The Morgan fingerprint density at radius 3 is 2.27 bits per heavy atom. The van der Waals surface area contributed by atoms with Gasteiger partial charge in [0.1, 0.15) is 12.3 Å². The quantitative estimate of drug-likeness (QED) is 0.663. The van der Waals surface area contributed by atoms with Crippen LogP contribution in [0, 0.1) is 0 Å². The van der Waals surface area contributed by atoms with Gasteiger partial charge < -0.3 is 20.3 Å². The lowest BCUT2D eigenvalue weighted by Crippen LogP contribution is -3.08. The summed E-state index contributed by atoms with van der Waals surface area (Å²) < 4.78 is 5.43. The number of benzene rings is 2. The molecule has 0 heterocycles. The van der Waals surface area contributed by atoms with E-state index in [1.165, 1.54) is 0 Å². The van der Waals surface area contributed by atoms with E-state index in [2.05, 4.69) is 10.6 Å². The second-order valence-electron chi connectivity index (χ2n) is 6.09. The highest BCUT2D eigenvalue weighted by atomic mass is 16.5. The predicted molar refractivity (Wildman–Crippen MR) is 102 cm³/mol. The number of hydrogen-bond donors (Lipinski definition) is 3. The van der Waals surface area contributed by atoms with E-state index in [4.69, 9.17) is 4.74 Å². The Morgan fingerprint density at radius 1 is 1.04 bits per heavy atom. The van der Waals surface area contributed by atoms with Crippen LogP contribution in [-0.2, 0) is 11.3 Å².